The number of hydrogen-bond donors (Lipinski definition) is 3. The predicted octanol–water partition coefficient (Wildman–Crippen LogP) is 2.05. The van der Waals surface area contributed by atoms with Crippen LogP contribution in [0.25, 0.3) is 0 Å². The number of nitrogens with one attached hydrogen (secondary N) is 2. The second kappa shape index (κ2) is 6.15. The monoisotopic (exact) mass is 312 g/mol. The van der Waals surface area contributed by atoms with Gasteiger partial charge in [-0.2, -0.15) is 0 Å². The van der Waals surface area contributed by atoms with Gasteiger partial charge in [-0.25, -0.2) is 10.8 Å². The first-order valence-corrected chi connectivity index (χ1v) is 6.90. The fraction of sp³-hybridized carbons (Fsp3) is 0.500. The van der Waals surface area contributed by atoms with Gasteiger partial charge in [-0.15, -0.1) is 0 Å². The van der Waals surface area contributed by atoms with Gasteiger partial charge in [0.2, 0.25) is 0 Å². The summed E-state index contributed by atoms with van der Waals surface area (Å²) in [7, 11) is 0. The maximum Gasteiger partial charge on any atom is 0.255 e. The van der Waals surface area contributed by atoms with Crippen molar-refractivity contribution in [1.82, 2.24) is 10.3 Å². The zero-order valence-electron chi connectivity index (χ0n) is 10.1. The molecule has 1 fully saturated rings. The lowest BCUT2D eigenvalue weighted by Gasteiger charge is -2.12. The van der Waals surface area contributed by atoms with Crippen LogP contribution in [0.3, 0.4) is 0 Å². The molecule has 98 valence electrons. The third-order valence-corrected chi connectivity index (χ3v) is 3.70. The van der Waals surface area contributed by atoms with Crippen LogP contribution in [0.15, 0.2) is 16.7 Å². The Labute approximate surface area is 115 Å². The number of amides is 1. The van der Waals surface area contributed by atoms with E-state index in [-0.39, 0.29) is 5.91 Å². The minimum absolute atomic E-state index is 0.136. The van der Waals surface area contributed by atoms with Crippen LogP contribution in [0.1, 0.15) is 36.0 Å². The highest BCUT2D eigenvalue weighted by Gasteiger charge is 2.18. The molecule has 0 radical (unpaired) electrons. The average molecular weight is 313 g/mol. The lowest BCUT2D eigenvalue weighted by molar-refractivity contribution is 0.0948. The number of nitrogens with zero attached hydrogens (tertiary/aromatic N) is 1. The van der Waals surface area contributed by atoms with Gasteiger partial charge in [0.15, 0.2) is 5.82 Å². The third kappa shape index (κ3) is 3.20. The molecule has 0 spiro atoms. The van der Waals surface area contributed by atoms with Gasteiger partial charge < -0.3 is 10.7 Å². The van der Waals surface area contributed by atoms with Gasteiger partial charge in [0.05, 0.1) is 5.56 Å². The van der Waals surface area contributed by atoms with Gasteiger partial charge in [0.25, 0.3) is 5.91 Å². The van der Waals surface area contributed by atoms with Crippen molar-refractivity contribution in [1.29, 1.82) is 0 Å². The fourth-order valence-electron chi connectivity index (χ4n) is 2.27. The molecular formula is C12H17BrN4O. The van der Waals surface area contributed by atoms with Crippen LogP contribution in [0.2, 0.25) is 0 Å². The number of hydrogen-bond acceptors (Lipinski definition) is 4. The Bertz CT molecular complexity index is 432. The van der Waals surface area contributed by atoms with Crippen LogP contribution in [-0.2, 0) is 0 Å². The standard InChI is InChI=1S/C12H17BrN4O/c13-9-5-10(11(17-14)15-7-9)12(18)16-6-8-3-1-2-4-8/h5,7-8H,1-4,6,14H2,(H,15,17)(H,16,18). The third-order valence-electron chi connectivity index (χ3n) is 3.26. The maximum atomic E-state index is 12.1. The second-order valence-electron chi connectivity index (χ2n) is 4.55. The number of carbonyl (C=O) groups excluding carboxylic acids is 1. The smallest absolute Gasteiger partial charge is 0.255 e. The molecule has 0 bridgehead atoms. The molecule has 1 aromatic rings. The lowest BCUT2D eigenvalue weighted by atomic mass is 10.1. The largest absolute Gasteiger partial charge is 0.352 e. The van der Waals surface area contributed by atoms with E-state index in [1.807, 2.05) is 0 Å². The molecular weight excluding hydrogens is 296 g/mol. The van der Waals surface area contributed by atoms with Crippen molar-refractivity contribution >= 4 is 27.7 Å². The van der Waals surface area contributed by atoms with E-state index in [9.17, 15) is 4.79 Å². The van der Waals surface area contributed by atoms with Gasteiger partial charge in [0.1, 0.15) is 0 Å². The molecule has 5 nitrogen and oxygen atoms in total. The van der Waals surface area contributed by atoms with E-state index in [4.69, 9.17) is 5.84 Å². The zero-order valence-corrected chi connectivity index (χ0v) is 11.7. The number of carbonyl (C=O) groups is 1. The van der Waals surface area contributed by atoms with Gasteiger partial charge in [0, 0.05) is 17.2 Å². The van der Waals surface area contributed by atoms with Crippen LogP contribution >= 0.6 is 15.9 Å². The lowest BCUT2D eigenvalue weighted by Crippen LogP contribution is -2.29. The van der Waals surface area contributed by atoms with Crippen molar-refractivity contribution < 1.29 is 4.79 Å². The predicted molar refractivity (Wildman–Crippen MR) is 74.0 cm³/mol. The fourth-order valence-corrected chi connectivity index (χ4v) is 2.61. The van der Waals surface area contributed by atoms with E-state index in [0.717, 1.165) is 11.0 Å². The summed E-state index contributed by atoms with van der Waals surface area (Å²) in [6.07, 6.45) is 6.56. The summed E-state index contributed by atoms with van der Waals surface area (Å²) in [6.45, 7) is 0.732. The number of pyridine rings is 1. The topological polar surface area (TPSA) is 80.0 Å². The summed E-state index contributed by atoms with van der Waals surface area (Å²) >= 11 is 3.30. The number of hydrazine groups is 1. The van der Waals surface area contributed by atoms with E-state index in [2.05, 4.69) is 31.7 Å². The van der Waals surface area contributed by atoms with Gasteiger partial charge in [-0.3, -0.25) is 4.79 Å². The molecule has 0 aliphatic heterocycles. The summed E-state index contributed by atoms with van der Waals surface area (Å²) in [5.74, 6) is 6.22. The average Bonchev–Trinajstić information content (AvgIpc) is 2.89. The van der Waals surface area contributed by atoms with E-state index in [1.54, 1.807) is 12.3 Å². The normalized spacial score (nSPS) is 15.7. The number of aromatic nitrogens is 1. The Morgan fingerprint density at radius 3 is 2.89 bits per heavy atom. The molecule has 0 saturated heterocycles. The van der Waals surface area contributed by atoms with Crippen LogP contribution in [0.5, 0.6) is 0 Å². The highest BCUT2D eigenvalue weighted by Crippen LogP contribution is 2.24. The first kappa shape index (κ1) is 13.3. The molecule has 2 rings (SSSR count). The first-order chi connectivity index (χ1) is 8.70. The second-order valence-corrected chi connectivity index (χ2v) is 5.47. The summed E-state index contributed by atoms with van der Waals surface area (Å²) in [5, 5.41) is 2.95. The quantitative estimate of drug-likeness (QED) is 0.587. The minimum atomic E-state index is -0.136. The molecule has 18 heavy (non-hydrogen) atoms. The Balaban J connectivity index is 2.00. The number of nitrogens with two attached hydrogens (primary N) is 1. The van der Waals surface area contributed by atoms with Gasteiger partial charge in [-0.1, -0.05) is 12.8 Å². The Hall–Kier alpha value is -1.14. The molecule has 1 saturated carbocycles. The molecule has 0 atom stereocenters. The molecule has 1 aliphatic rings. The number of anilines is 1. The number of rotatable bonds is 4. The molecule has 6 heteroatoms. The van der Waals surface area contributed by atoms with Crippen LogP contribution in [-0.4, -0.2) is 17.4 Å². The summed E-state index contributed by atoms with van der Waals surface area (Å²) < 4.78 is 0.757. The molecule has 1 aliphatic carbocycles. The molecule has 0 aromatic carbocycles. The number of halogens is 1. The van der Waals surface area contributed by atoms with Crippen LogP contribution < -0.4 is 16.6 Å². The van der Waals surface area contributed by atoms with E-state index in [0.29, 0.717) is 17.3 Å². The highest BCUT2D eigenvalue weighted by atomic mass is 79.9. The summed E-state index contributed by atoms with van der Waals surface area (Å²) in [5.41, 5.74) is 2.90. The Morgan fingerprint density at radius 1 is 1.50 bits per heavy atom. The van der Waals surface area contributed by atoms with Crippen LogP contribution in [0, 0.1) is 5.92 Å². The summed E-state index contributed by atoms with van der Waals surface area (Å²) in [4.78, 5) is 16.1. The van der Waals surface area contributed by atoms with Gasteiger partial charge >= 0.3 is 0 Å². The molecule has 1 amide bonds. The minimum Gasteiger partial charge on any atom is -0.352 e. The number of nitrogen functional groups attached to an aromatic ring is 1. The van der Waals surface area contributed by atoms with E-state index >= 15 is 0 Å². The van der Waals surface area contributed by atoms with E-state index in [1.165, 1.54) is 25.7 Å². The Kier molecular flexibility index (Phi) is 4.54. The zero-order chi connectivity index (χ0) is 13.0. The SMILES string of the molecule is NNc1ncc(Br)cc1C(=O)NCC1CCCC1. The maximum absolute atomic E-state index is 12.1. The van der Waals surface area contributed by atoms with Crippen molar-refractivity contribution in [2.75, 3.05) is 12.0 Å². The Morgan fingerprint density at radius 2 is 2.22 bits per heavy atom. The van der Waals surface area contributed by atoms with E-state index < -0.39 is 0 Å². The van der Waals surface area contributed by atoms with Crippen molar-refractivity contribution in [2.45, 2.75) is 25.7 Å². The molecule has 4 N–H and O–H groups in total. The first-order valence-electron chi connectivity index (χ1n) is 6.11. The van der Waals surface area contributed by atoms with Crippen molar-refractivity contribution in [2.24, 2.45) is 11.8 Å². The molecule has 0 unspecified atom stereocenters. The summed E-state index contributed by atoms with van der Waals surface area (Å²) in [6, 6.07) is 1.71. The van der Waals surface area contributed by atoms with Crippen molar-refractivity contribution in [3.8, 4) is 0 Å². The van der Waals surface area contributed by atoms with Crippen LogP contribution in [0.4, 0.5) is 5.82 Å². The van der Waals surface area contributed by atoms with Gasteiger partial charge in [-0.05, 0) is 40.8 Å². The highest BCUT2D eigenvalue weighted by molar-refractivity contribution is 9.10. The van der Waals surface area contributed by atoms with Crippen molar-refractivity contribution in [3.05, 3.63) is 22.3 Å². The molecule has 1 aromatic heterocycles. The van der Waals surface area contributed by atoms with Crippen molar-refractivity contribution in [3.63, 3.8) is 0 Å². The molecule has 1 heterocycles.